The Morgan fingerprint density at radius 3 is 2.80 bits per heavy atom. The van der Waals surface area contributed by atoms with Crippen molar-refractivity contribution in [2.75, 3.05) is 19.8 Å². The van der Waals surface area contributed by atoms with Gasteiger partial charge < -0.3 is 23.9 Å². The highest BCUT2D eigenvalue weighted by Crippen LogP contribution is 2.33. The first-order valence-electron chi connectivity index (χ1n) is 11.3. The van der Waals surface area contributed by atoms with Gasteiger partial charge in [-0.1, -0.05) is 25.7 Å². The van der Waals surface area contributed by atoms with E-state index in [9.17, 15) is 9.59 Å². The average molecular weight is 416 g/mol. The molecule has 7 heteroatoms. The summed E-state index contributed by atoms with van der Waals surface area (Å²) in [5.74, 6) is -0.183. The van der Waals surface area contributed by atoms with Crippen molar-refractivity contribution >= 4 is 22.9 Å². The van der Waals surface area contributed by atoms with Crippen LogP contribution >= 0.6 is 0 Å². The lowest BCUT2D eigenvalue weighted by Gasteiger charge is -2.44. The summed E-state index contributed by atoms with van der Waals surface area (Å²) >= 11 is 0. The first kappa shape index (κ1) is 21.0. The molecule has 1 fully saturated rings. The van der Waals surface area contributed by atoms with Gasteiger partial charge in [-0.15, -0.1) is 0 Å². The van der Waals surface area contributed by atoms with E-state index in [1.54, 1.807) is 17.2 Å². The average Bonchev–Trinajstić information content (AvgIpc) is 3.22. The van der Waals surface area contributed by atoms with Crippen molar-refractivity contribution in [1.82, 2.24) is 14.8 Å². The van der Waals surface area contributed by atoms with Gasteiger partial charge in [0, 0.05) is 37.9 Å². The second kappa shape index (κ2) is 8.84. The summed E-state index contributed by atoms with van der Waals surface area (Å²) in [6.07, 6.45) is 9.12. The SMILES string of the molecule is CCOCCCN1C(=O)c2cc3occc3n2C[C@@]1(C)C(=O)NC1CCCCCC1. The van der Waals surface area contributed by atoms with E-state index in [0.717, 1.165) is 31.2 Å². The van der Waals surface area contributed by atoms with E-state index in [1.807, 2.05) is 24.5 Å². The lowest BCUT2D eigenvalue weighted by Crippen LogP contribution is -2.65. The molecule has 1 N–H and O–H groups in total. The highest BCUT2D eigenvalue weighted by molar-refractivity contribution is 6.02. The Balaban J connectivity index is 1.61. The molecule has 2 amide bonds. The van der Waals surface area contributed by atoms with Gasteiger partial charge in [-0.25, -0.2) is 0 Å². The van der Waals surface area contributed by atoms with Gasteiger partial charge in [0.25, 0.3) is 5.91 Å². The third kappa shape index (κ3) is 3.87. The molecule has 2 aliphatic rings. The molecule has 0 radical (unpaired) electrons. The van der Waals surface area contributed by atoms with Gasteiger partial charge >= 0.3 is 0 Å². The first-order valence-corrected chi connectivity index (χ1v) is 11.3. The van der Waals surface area contributed by atoms with Crippen LogP contribution in [-0.4, -0.2) is 52.6 Å². The lowest BCUT2D eigenvalue weighted by atomic mass is 9.93. The molecule has 1 aliphatic carbocycles. The van der Waals surface area contributed by atoms with Crippen molar-refractivity contribution in [2.45, 2.75) is 76.9 Å². The maximum atomic E-state index is 13.6. The Morgan fingerprint density at radius 1 is 1.30 bits per heavy atom. The number of aromatic nitrogens is 1. The zero-order valence-corrected chi connectivity index (χ0v) is 18.1. The number of furan rings is 1. The molecule has 2 aromatic rings. The number of fused-ring (bicyclic) bond motifs is 3. The van der Waals surface area contributed by atoms with Crippen LogP contribution in [0.2, 0.25) is 0 Å². The molecule has 0 unspecified atom stereocenters. The zero-order valence-electron chi connectivity index (χ0n) is 18.1. The van der Waals surface area contributed by atoms with Gasteiger partial charge in [0.05, 0.1) is 18.3 Å². The summed E-state index contributed by atoms with van der Waals surface area (Å²) < 4.78 is 12.9. The Bertz CT molecular complexity index is 894. The molecule has 0 spiro atoms. The third-order valence-electron chi connectivity index (χ3n) is 6.60. The first-order chi connectivity index (χ1) is 14.5. The van der Waals surface area contributed by atoms with Crippen LogP contribution < -0.4 is 5.32 Å². The Hall–Kier alpha value is -2.28. The zero-order chi connectivity index (χ0) is 21.1. The van der Waals surface area contributed by atoms with E-state index < -0.39 is 5.54 Å². The van der Waals surface area contributed by atoms with E-state index in [4.69, 9.17) is 9.15 Å². The van der Waals surface area contributed by atoms with E-state index in [1.165, 1.54) is 12.8 Å². The molecular weight excluding hydrogens is 382 g/mol. The summed E-state index contributed by atoms with van der Waals surface area (Å²) in [5, 5.41) is 3.29. The molecule has 2 aromatic heterocycles. The van der Waals surface area contributed by atoms with Crippen LogP contribution in [0.3, 0.4) is 0 Å². The largest absolute Gasteiger partial charge is 0.463 e. The smallest absolute Gasteiger partial charge is 0.271 e. The topological polar surface area (TPSA) is 76.7 Å². The summed E-state index contributed by atoms with van der Waals surface area (Å²) in [6.45, 7) is 5.98. The van der Waals surface area contributed by atoms with Crippen LogP contribution in [0.25, 0.3) is 11.1 Å². The number of rotatable bonds is 7. The maximum absolute atomic E-state index is 13.6. The second-order valence-electron chi connectivity index (χ2n) is 8.73. The molecule has 0 aromatic carbocycles. The molecule has 0 saturated heterocycles. The van der Waals surface area contributed by atoms with Gasteiger partial charge in [0.1, 0.15) is 11.2 Å². The fourth-order valence-electron chi connectivity index (χ4n) is 4.86. The summed E-state index contributed by atoms with van der Waals surface area (Å²) in [7, 11) is 0. The molecule has 1 saturated carbocycles. The van der Waals surface area contributed by atoms with Crippen molar-refractivity contribution < 1.29 is 18.7 Å². The van der Waals surface area contributed by atoms with Gasteiger partial charge in [0.2, 0.25) is 5.91 Å². The molecule has 0 bridgehead atoms. The van der Waals surface area contributed by atoms with Crippen molar-refractivity contribution in [2.24, 2.45) is 0 Å². The Kier molecular flexibility index (Phi) is 6.18. The van der Waals surface area contributed by atoms with Crippen LogP contribution in [0.5, 0.6) is 0 Å². The Morgan fingerprint density at radius 2 is 2.07 bits per heavy atom. The summed E-state index contributed by atoms with van der Waals surface area (Å²) in [4.78, 5) is 28.8. The predicted octanol–water partition coefficient (Wildman–Crippen LogP) is 3.71. The van der Waals surface area contributed by atoms with Crippen LogP contribution in [-0.2, 0) is 16.1 Å². The van der Waals surface area contributed by atoms with Gasteiger partial charge in [0.15, 0.2) is 5.58 Å². The molecular formula is C23H33N3O4. The summed E-state index contributed by atoms with van der Waals surface area (Å²) in [6, 6.07) is 3.84. The van der Waals surface area contributed by atoms with E-state index >= 15 is 0 Å². The highest BCUT2D eigenvalue weighted by atomic mass is 16.5. The van der Waals surface area contributed by atoms with Gasteiger partial charge in [-0.2, -0.15) is 0 Å². The minimum absolute atomic E-state index is 0.0600. The normalized spacial score (nSPS) is 22.9. The molecule has 4 rings (SSSR count). The molecule has 30 heavy (non-hydrogen) atoms. The second-order valence-corrected chi connectivity index (χ2v) is 8.73. The van der Waals surface area contributed by atoms with E-state index in [2.05, 4.69) is 5.32 Å². The highest BCUT2D eigenvalue weighted by Gasteiger charge is 2.48. The van der Waals surface area contributed by atoms with E-state index in [-0.39, 0.29) is 17.9 Å². The van der Waals surface area contributed by atoms with Crippen molar-refractivity contribution in [3.63, 3.8) is 0 Å². The number of nitrogens with one attached hydrogen (secondary N) is 1. The van der Waals surface area contributed by atoms with Crippen LogP contribution in [0, 0.1) is 0 Å². The maximum Gasteiger partial charge on any atom is 0.271 e. The number of carbonyl (C=O) groups is 2. The number of hydrogen-bond donors (Lipinski definition) is 1. The number of nitrogens with zero attached hydrogens (tertiary/aromatic N) is 2. The molecule has 3 heterocycles. The predicted molar refractivity (Wildman–Crippen MR) is 114 cm³/mol. The van der Waals surface area contributed by atoms with E-state index in [0.29, 0.717) is 44.0 Å². The monoisotopic (exact) mass is 415 g/mol. The quantitative estimate of drug-likeness (QED) is 0.552. The van der Waals surface area contributed by atoms with Crippen molar-refractivity contribution in [3.05, 3.63) is 24.1 Å². The lowest BCUT2D eigenvalue weighted by molar-refractivity contribution is -0.133. The molecule has 164 valence electrons. The number of carbonyl (C=O) groups excluding carboxylic acids is 2. The van der Waals surface area contributed by atoms with Crippen LogP contribution in [0.15, 0.2) is 22.8 Å². The fraction of sp³-hybridized carbons (Fsp3) is 0.652. The van der Waals surface area contributed by atoms with Crippen LogP contribution in [0.1, 0.15) is 69.3 Å². The minimum atomic E-state index is -0.953. The fourth-order valence-corrected chi connectivity index (χ4v) is 4.86. The number of amides is 2. The van der Waals surface area contributed by atoms with Crippen molar-refractivity contribution in [3.8, 4) is 0 Å². The van der Waals surface area contributed by atoms with Crippen molar-refractivity contribution in [1.29, 1.82) is 0 Å². The number of hydrogen-bond acceptors (Lipinski definition) is 4. The minimum Gasteiger partial charge on any atom is -0.463 e. The molecule has 1 atom stereocenters. The summed E-state index contributed by atoms with van der Waals surface area (Å²) in [5.41, 5.74) is 1.17. The Labute approximate surface area is 177 Å². The molecule has 1 aliphatic heterocycles. The third-order valence-corrected chi connectivity index (χ3v) is 6.60. The molecule has 7 nitrogen and oxygen atoms in total. The number of ether oxygens (including phenoxy) is 1. The van der Waals surface area contributed by atoms with Gasteiger partial charge in [-0.05, 0) is 33.1 Å². The standard InChI is InChI=1S/C23H33N3O4/c1-3-29-13-8-12-26-21(27)19-15-20-18(11-14-30-20)25(19)16-23(26,2)22(28)24-17-9-6-4-5-7-10-17/h11,14-15,17H,3-10,12-13,16H2,1-2H3,(H,24,28)/t23-/m0/s1. The van der Waals surface area contributed by atoms with Crippen LogP contribution in [0.4, 0.5) is 0 Å². The van der Waals surface area contributed by atoms with Gasteiger partial charge in [-0.3, -0.25) is 9.59 Å².